The van der Waals surface area contributed by atoms with Gasteiger partial charge in [0.2, 0.25) is 0 Å². The van der Waals surface area contributed by atoms with Crippen LogP contribution in [0.15, 0.2) is 18.2 Å². The quantitative estimate of drug-likeness (QED) is 0.747. The minimum absolute atomic E-state index is 0.192. The minimum atomic E-state index is -0.242. The fourth-order valence-electron chi connectivity index (χ4n) is 2.49. The van der Waals surface area contributed by atoms with Gasteiger partial charge in [-0.15, -0.1) is 21.5 Å². The van der Waals surface area contributed by atoms with Crippen LogP contribution < -0.4 is 5.32 Å². The molecule has 0 amide bonds. The SMILES string of the molecule is CC1NCCn2c(-c3nc4ccc(F)cc4s3)nnc21. The van der Waals surface area contributed by atoms with Crippen LogP contribution in [0.5, 0.6) is 0 Å². The predicted molar refractivity (Wildman–Crippen MR) is 75.0 cm³/mol. The standard InChI is InChI=1S/C13H12FN5S/c1-7-11-17-18-12(19(11)5-4-15-7)13-16-9-3-2-8(14)6-10(9)20-13/h2-3,6-7,15H,4-5H2,1H3. The van der Waals surface area contributed by atoms with Crippen LogP contribution in [0.2, 0.25) is 0 Å². The van der Waals surface area contributed by atoms with Gasteiger partial charge in [0, 0.05) is 13.1 Å². The molecule has 102 valence electrons. The van der Waals surface area contributed by atoms with Crippen molar-refractivity contribution in [2.75, 3.05) is 6.54 Å². The van der Waals surface area contributed by atoms with Crippen molar-refractivity contribution in [1.29, 1.82) is 0 Å². The molecule has 1 aliphatic heterocycles. The molecule has 0 saturated heterocycles. The molecule has 20 heavy (non-hydrogen) atoms. The van der Waals surface area contributed by atoms with Gasteiger partial charge in [0.1, 0.15) is 11.6 Å². The second-order valence-corrected chi connectivity index (χ2v) is 5.87. The average molecular weight is 289 g/mol. The Hall–Kier alpha value is -1.86. The summed E-state index contributed by atoms with van der Waals surface area (Å²) in [5.41, 5.74) is 0.797. The van der Waals surface area contributed by atoms with Crippen LogP contribution in [0, 0.1) is 5.82 Å². The van der Waals surface area contributed by atoms with E-state index in [1.165, 1.54) is 23.5 Å². The van der Waals surface area contributed by atoms with Crippen molar-refractivity contribution < 1.29 is 4.39 Å². The normalized spacial score (nSPS) is 18.4. The first-order chi connectivity index (χ1) is 9.72. The highest BCUT2D eigenvalue weighted by molar-refractivity contribution is 7.21. The highest BCUT2D eigenvalue weighted by atomic mass is 32.1. The Kier molecular flexibility index (Phi) is 2.58. The van der Waals surface area contributed by atoms with Crippen LogP contribution in [0.4, 0.5) is 4.39 Å². The number of thiazole rings is 1. The number of aromatic nitrogens is 4. The van der Waals surface area contributed by atoms with E-state index in [0.29, 0.717) is 0 Å². The highest BCUT2D eigenvalue weighted by Crippen LogP contribution is 2.31. The van der Waals surface area contributed by atoms with Gasteiger partial charge in [0.15, 0.2) is 10.8 Å². The van der Waals surface area contributed by atoms with Crippen molar-refractivity contribution in [2.24, 2.45) is 0 Å². The molecular weight excluding hydrogens is 277 g/mol. The molecule has 0 saturated carbocycles. The summed E-state index contributed by atoms with van der Waals surface area (Å²) < 4.78 is 16.2. The Morgan fingerprint density at radius 3 is 3.20 bits per heavy atom. The maximum Gasteiger partial charge on any atom is 0.193 e. The number of hydrogen-bond acceptors (Lipinski definition) is 5. The van der Waals surface area contributed by atoms with Crippen LogP contribution in [0.3, 0.4) is 0 Å². The fraction of sp³-hybridized carbons (Fsp3) is 0.308. The number of halogens is 1. The molecule has 1 aromatic carbocycles. The van der Waals surface area contributed by atoms with E-state index in [-0.39, 0.29) is 11.9 Å². The third kappa shape index (κ3) is 1.74. The monoisotopic (exact) mass is 289 g/mol. The average Bonchev–Trinajstić information content (AvgIpc) is 3.01. The Morgan fingerprint density at radius 2 is 2.30 bits per heavy atom. The molecule has 1 aliphatic rings. The molecular formula is C13H12FN5S. The molecule has 0 aliphatic carbocycles. The summed E-state index contributed by atoms with van der Waals surface area (Å²) in [6.07, 6.45) is 0. The minimum Gasteiger partial charge on any atom is -0.306 e. The van der Waals surface area contributed by atoms with E-state index in [2.05, 4.69) is 32.0 Å². The Balaban J connectivity index is 1.87. The van der Waals surface area contributed by atoms with Gasteiger partial charge in [-0.3, -0.25) is 0 Å². The second kappa shape index (κ2) is 4.32. The van der Waals surface area contributed by atoms with Crippen molar-refractivity contribution in [3.05, 3.63) is 29.8 Å². The molecule has 4 rings (SSSR count). The summed E-state index contributed by atoms with van der Waals surface area (Å²) in [6, 6.07) is 4.82. The van der Waals surface area contributed by atoms with E-state index in [0.717, 1.165) is 40.0 Å². The van der Waals surface area contributed by atoms with E-state index < -0.39 is 0 Å². The van der Waals surface area contributed by atoms with Crippen LogP contribution in [0.1, 0.15) is 18.8 Å². The third-order valence-electron chi connectivity index (χ3n) is 3.49. The lowest BCUT2D eigenvalue weighted by atomic mass is 10.2. The maximum atomic E-state index is 13.3. The smallest absolute Gasteiger partial charge is 0.193 e. The molecule has 0 bridgehead atoms. The number of hydrogen-bond donors (Lipinski definition) is 1. The fourth-order valence-corrected chi connectivity index (χ4v) is 3.48. The van der Waals surface area contributed by atoms with Gasteiger partial charge in [0.05, 0.1) is 16.3 Å². The zero-order chi connectivity index (χ0) is 13.7. The van der Waals surface area contributed by atoms with Crippen molar-refractivity contribution in [2.45, 2.75) is 19.5 Å². The van der Waals surface area contributed by atoms with Crippen molar-refractivity contribution >= 4 is 21.6 Å². The molecule has 3 aromatic rings. The number of fused-ring (bicyclic) bond motifs is 2. The summed E-state index contributed by atoms with van der Waals surface area (Å²) in [6.45, 7) is 3.78. The first kappa shape index (κ1) is 11.9. The summed E-state index contributed by atoms with van der Waals surface area (Å²) >= 11 is 1.45. The summed E-state index contributed by atoms with van der Waals surface area (Å²) in [5.74, 6) is 1.46. The lowest BCUT2D eigenvalue weighted by Crippen LogP contribution is -2.32. The number of rotatable bonds is 1. The number of benzene rings is 1. The van der Waals surface area contributed by atoms with Gasteiger partial charge in [-0.1, -0.05) is 0 Å². The number of nitrogens with zero attached hydrogens (tertiary/aromatic N) is 4. The van der Waals surface area contributed by atoms with Gasteiger partial charge in [-0.2, -0.15) is 0 Å². The van der Waals surface area contributed by atoms with Crippen molar-refractivity contribution in [3.8, 4) is 10.8 Å². The largest absolute Gasteiger partial charge is 0.306 e. The highest BCUT2D eigenvalue weighted by Gasteiger charge is 2.23. The van der Waals surface area contributed by atoms with Gasteiger partial charge >= 0.3 is 0 Å². The summed E-state index contributed by atoms with van der Waals surface area (Å²) in [5, 5.41) is 12.6. The lowest BCUT2D eigenvalue weighted by Gasteiger charge is -2.21. The zero-order valence-corrected chi connectivity index (χ0v) is 11.6. The summed E-state index contributed by atoms with van der Waals surface area (Å²) in [7, 11) is 0. The van der Waals surface area contributed by atoms with Gasteiger partial charge in [-0.05, 0) is 25.1 Å². The molecule has 5 nitrogen and oxygen atoms in total. The van der Waals surface area contributed by atoms with Crippen LogP contribution in [0.25, 0.3) is 21.0 Å². The van der Waals surface area contributed by atoms with E-state index in [4.69, 9.17) is 0 Å². The molecule has 1 atom stereocenters. The first-order valence-corrected chi connectivity index (χ1v) is 7.27. The molecule has 7 heteroatoms. The van der Waals surface area contributed by atoms with E-state index in [1.807, 2.05) is 0 Å². The van der Waals surface area contributed by atoms with E-state index in [9.17, 15) is 4.39 Å². The maximum absolute atomic E-state index is 13.3. The molecule has 3 heterocycles. The van der Waals surface area contributed by atoms with Crippen LogP contribution in [-0.2, 0) is 6.54 Å². The predicted octanol–water partition coefficient (Wildman–Crippen LogP) is 2.36. The lowest BCUT2D eigenvalue weighted by molar-refractivity contribution is 0.439. The zero-order valence-electron chi connectivity index (χ0n) is 10.8. The third-order valence-corrected chi connectivity index (χ3v) is 4.51. The Morgan fingerprint density at radius 1 is 1.40 bits per heavy atom. The molecule has 0 fully saturated rings. The van der Waals surface area contributed by atoms with E-state index in [1.54, 1.807) is 6.07 Å². The van der Waals surface area contributed by atoms with Gasteiger partial charge < -0.3 is 9.88 Å². The topological polar surface area (TPSA) is 55.6 Å². The second-order valence-electron chi connectivity index (χ2n) is 4.84. The van der Waals surface area contributed by atoms with Crippen LogP contribution in [-0.4, -0.2) is 26.3 Å². The van der Waals surface area contributed by atoms with E-state index >= 15 is 0 Å². The van der Waals surface area contributed by atoms with Gasteiger partial charge in [-0.25, -0.2) is 9.37 Å². The van der Waals surface area contributed by atoms with Crippen molar-refractivity contribution in [1.82, 2.24) is 25.1 Å². The van der Waals surface area contributed by atoms with Crippen LogP contribution >= 0.6 is 11.3 Å². The number of nitrogens with one attached hydrogen (secondary N) is 1. The van der Waals surface area contributed by atoms with Crippen molar-refractivity contribution in [3.63, 3.8) is 0 Å². The molecule has 0 radical (unpaired) electrons. The Bertz CT molecular complexity index is 793. The molecule has 0 spiro atoms. The first-order valence-electron chi connectivity index (χ1n) is 6.45. The molecule has 1 unspecified atom stereocenters. The Labute approximate surface area is 118 Å². The molecule has 2 aromatic heterocycles. The summed E-state index contributed by atoms with van der Waals surface area (Å²) in [4.78, 5) is 4.54. The molecule has 1 N–H and O–H groups in total. The van der Waals surface area contributed by atoms with Gasteiger partial charge in [0.25, 0.3) is 0 Å².